The average molecular weight is 330 g/mol. The van der Waals surface area contributed by atoms with Gasteiger partial charge in [-0.25, -0.2) is 0 Å². The lowest BCUT2D eigenvalue weighted by Gasteiger charge is -2.00. The minimum absolute atomic E-state index is 0.104. The standard InChI is InChI=1S/C20H18N4O/c1-13-5-4-6-14(9-13)10-15-11-19(24-23-15)21-12-17-16-7-2-3-8-18(16)22-20(17)25/h2-9,11-12H,10H2,1H3,(H,22,25)(H2,21,23,24)/b17-12+. The summed E-state index contributed by atoms with van der Waals surface area (Å²) in [6, 6.07) is 18.0. The smallest absolute Gasteiger partial charge is 0.257 e. The number of aromatic nitrogens is 2. The second kappa shape index (κ2) is 6.28. The lowest BCUT2D eigenvalue weighted by molar-refractivity contribution is -0.110. The molecule has 3 aromatic rings. The van der Waals surface area contributed by atoms with Gasteiger partial charge in [-0.15, -0.1) is 0 Å². The Morgan fingerprint density at radius 3 is 2.88 bits per heavy atom. The van der Waals surface area contributed by atoms with Crippen LogP contribution in [0.5, 0.6) is 0 Å². The number of rotatable bonds is 4. The molecule has 0 saturated carbocycles. The van der Waals surface area contributed by atoms with Crippen molar-refractivity contribution in [1.29, 1.82) is 0 Å². The van der Waals surface area contributed by atoms with Gasteiger partial charge in [-0.05, 0) is 18.6 Å². The van der Waals surface area contributed by atoms with Gasteiger partial charge in [0.2, 0.25) is 0 Å². The van der Waals surface area contributed by atoms with Gasteiger partial charge in [-0.1, -0.05) is 48.0 Å². The van der Waals surface area contributed by atoms with E-state index in [4.69, 9.17) is 0 Å². The Morgan fingerprint density at radius 1 is 1.12 bits per heavy atom. The van der Waals surface area contributed by atoms with Crippen molar-refractivity contribution in [3.8, 4) is 0 Å². The molecule has 0 radical (unpaired) electrons. The van der Waals surface area contributed by atoms with Crippen molar-refractivity contribution < 1.29 is 4.79 Å². The summed E-state index contributed by atoms with van der Waals surface area (Å²) >= 11 is 0. The third-order valence-corrected chi connectivity index (χ3v) is 4.18. The van der Waals surface area contributed by atoms with Gasteiger partial charge >= 0.3 is 0 Å². The summed E-state index contributed by atoms with van der Waals surface area (Å²) < 4.78 is 0. The molecular formula is C20H18N4O. The van der Waals surface area contributed by atoms with E-state index in [9.17, 15) is 4.79 Å². The van der Waals surface area contributed by atoms with Gasteiger partial charge in [-0.3, -0.25) is 9.89 Å². The molecule has 0 unspecified atom stereocenters. The number of anilines is 2. The highest BCUT2D eigenvalue weighted by Crippen LogP contribution is 2.31. The summed E-state index contributed by atoms with van der Waals surface area (Å²) in [6.07, 6.45) is 2.48. The molecule has 0 fully saturated rings. The molecule has 124 valence electrons. The molecule has 4 rings (SSSR count). The van der Waals surface area contributed by atoms with Crippen molar-refractivity contribution in [3.05, 3.63) is 83.2 Å². The van der Waals surface area contributed by atoms with Crippen molar-refractivity contribution in [2.24, 2.45) is 0 Å². The Hall–Kier alpha value is -3.34. The van der Waals surface area contributed by atoms with Gasteiger partial charge in [0, 0.05) is 29.9 Å². The molecule has 25 heavy (non-hydrogen) atoms. The maximum absolute atomic E-state index is 12.1. The van der Waals surface area contributed by atoms with E-state index in [2.05, 4.69) is 52.0 Å². The van der Waals surface area contributed by atoms with E-state index >= 15 is 0 Å². The lowest BCUT2D eigenvalue weighted by atomic mass is 10.1. The number of benzene rings is 2. The van der Waals surface area contributed by atoms with Crippen LogP contribution in [0.1, 0.15) is 22.4 Å². The Bertz CT molecular complexity index is 971. The summed E-state index contributed by atoms with van der Waals surface area (Å²) in [7, 11) is 0. The predicted octanol–water partition coefficient (Wildman–Crippen LogP) is 3.71. The first kappa shape index (κ1) is 15.2. The van der Waals surface area contributed by atoms with Crippen LogP contribution in [0.4, 0.5) is 11.5 Å². The van der Waals surface area contributed by atoms with Crippen molar-refractivity contribution in [3.63, 3.8) is 0 Å². The van der Waals surface area contributed by atoms with Crippen molar-refractivity contribution >= 4 is 23.0 Å². The van der Waals surface area contributed by atoms with Crippen LogP contribution in [0.2, 0.25) is 0 Å². The van der Waals surface area contributed by atoms with E-state index in [0.717, 1.165) is 29.2 Å². The Morgan fingerprint density at radius 2 is 2.00 bits per heavy atom. The molecule has 0 aliphatic carbocycles. The monoisotopic (exact) mass is 330 g/mol. The summed E-state index contributed by atoms with van der Waals surface area (Å²) in [5, 5.41) is 13.3. The van der Waals surface area contributed by atoms with Crippen LogP contribution >= 0.6 is 0 Å². The fourth-order valence-electron chi connectivity index (χ4n) is 2.99. The van der Waals surface area contributed by atoms with Crippen LogP contribution in [0.15, 0.2) is 60.8 Å². The third kappa shape index (κ3) is 3.17. The summed E-state index contributed by atoms with van der Waals surface area (Å²) in [4.78, 5) is 12.1. The Balaban J connectivity index is 1.49. The van der Waals surface area contributed by atoms with Crippen molar-refractivity contribution in [2.45, 2.75) is 13.3 Å². The van der Waals surface area contributed by atoms with Gasteiger partial charge < -0.3 is 10.6 Å². The zero-order valence-electron chi connectivity index (χ0n) is 13.8. The maximum Gasteiger partial charge on any atom is 0.257 e. The fourth-order valence-corrected chi connectivity index (χ4v) is 2.99. The molecule has 5 nitrogen and oxygen atoms in total. The SMILES string of the molecule is Cc1cccc(Cc2cc(N/C=C3/C(=O)Nc4ccccc43)[nH]n2)c1. The first-order chi connectivity index (χ1) is 12.2. The largest absolute Gasteiger partial charge is 0.346 e. The predicted molar refractivity (Wildman–Crippen MR) is 99.2 cm³/mol. The number of aromatic amines is 1. The first-order valence-electron chi connectivity index (χ1n) is 8.16. The minimum atomic E-state index is -0.104. The molecule has 1 aliphatic heterocycles. The molecule has 0 spiro atoms. The number of hydrogen-bond acceptors (Lipinski definition) is 3. The van der Waals surface area contributed by atoms with E-state index in [0.29, 0.717) is 5.57 Å². The second-order valence-electron chi connectivity index (χ2n) is 6.14. The zero-order chi connectivity index (χ0) is 17.2. The Labute approximate surface area is 145 Å². The highest BCUT2D eigenvalue weighted by Gasteiger charge is 2.23. The number of aryl methyl sites for hydroxylation is 1. The van der Waals surface area contributed by atoms with Crippen molar-refractivity contribution in [2.75, 3.05) is 10.6 Å². The van der Waals surface area contributed by atoms with E-state index < -0.39 is 0 Å². The normalized spacial score (nSPS) is 14.4. The maximum atomic E-state index is 12.1. The number of para-hydroxylation sites is 1. The highest BCUT2D eigenvalue weighted by atomic mass is 16.2. The molecule has 0 bridgehead atoms. The van der Waals surface area contributed by atoms with Crippen LogP contribution < -0.4 is 10.6 Å². The molecule has 2 aromatic carbocycles. The van der Waals surface area contributed by atoms with Crippen LogP contribution in [-0.2, 0) is 11.2 Å². The molecule has 0 atom stereocenters. The number of amides is 1. The van der Waals surface area contributed by atoms with E-state index in [1.165, 1.54) is 11.1 Å². The number of nitrogens with zero attached hydrogens (tertiary/aromatic N) is 1. The van der Waals surface area contributed by atoms with E-state index in [1.54, 1.807) is 6.20 Å². The number of carbonyl (C=O) groups excluding carboxylic acids is 1. The van der Waals surface area contributed by atoms with Crippen LogP contribution in [0, 0.1) is 6.92 Å². The molecule has 1 amide bonds. The fraction of sp³-hybridized carbons (Fsp3) is 0.100. The van der Waals surface area contributed by atoms with Gasteiger partial charge in [0.15, 0.2) is 0 Å². The number of H-pyrrole nitrogens is 1. The van der Waals surface area contributed by atoms with Gasteiger partial charge in [0.05, 0.1) is 11.3 Å². The molecular weight excluding hydrogens is 312 g/mol. The molecule has 0 saturated heterocycles. The molecule has 5 heteroatoms. The van der Waals surface area contributed by atoms with E-state index in [-0.39, 0.29) is 5.91 Å². The average Bonchev–Trinajstić information content (AvgIpc) is 3.16. The second-order valence-corrected chi connectivity index (χ2v) is 6.14. The third-order valence-electron chi connectivity index (χ3n) is 4.18. The quantitative estimate of drug-likeness (QED) is 0.639. The van der Waals surface area contributed by atoms with Gasteiger partial charge in [-0.2, -0.15) is 5.10 Å². The molecule has 1 aliphatic rings. The van der Waals surface area contributed by atoms with Crippen molar-refractivity contribution in [1.82, 2.24) is 10.2 Å². The number of fused-ring (bicyclic) bond motifs is 1. The van der Waals surface area contributed by atoms with Crippen LogP contribution in [0.25, 0.3) is 5.57 Å². The zero-order valence-corrected chi connectivity index (χ0v) is 13.8. The Kier molecular flexibility index (Phi) is 3.82. The topological polar surface area (TPSA) is 69.8 Å². The number of hydrogen-bond donors (Lipinski definition) is 3. The minimum Gasteiger partial charge on any atom is -0.346 e. The number of nitrogens with one attached hydrogen (secondary N) is 3. The number of carbonyl (C=O) groups is 1. The molecule has 1 aromatic heterocycles. The van der Waals surface area contributed by atoms with Crippen LogP contribution in [-0.4, -0.2) is 16.1 Å². The highest BCUT2D eigenvalue weighted by molar-refractivity contribution is 6.31. The summed E-state index contributed by atoms with van der Waals surface area (Å²) in [5.74, 6) is 0.653. The van der Waals surface area contributed by atoms with Gasteiger partial charge in [0.1, 0.15) is 5.82 Å². The lowest BCUT2D eigenvalue weighted by Crippen LogP contribution is -2.05. The summed E-state index contributed by atoms with van der Waals surface area (Å²) in [5.41, 5.74) is 5.76. The van der Waals surface area contributed by atoms with Gasteiger partial charge in [0.25, 0.3) is 5.91 Å². The van der Waals surface area contributed by atoms with E-state index in [1.807, 2.05) is 30.3 Å². The van der Waals surface area contributed by atoms with Crippen LogP contribution in [0.3, 0.4) is 0 Å². The molecule has 3 N–H and O–H groups in total. The first-order valence-corrected chi connectivity index (χ1v) is 8.16. The summed E-state index contributed by atoms with van der Waals surface area (Å²) in [6.45, 7) is 2.08. The molecule has 2 heterocycles.